The van der Waals surface area contributed by atoms with E-state index in [1.165, 1.54) is 0 Å². The Morgan fingerprint density at radius 2 is 1.50 bits per heavy atom. The molecular weight excluding hydrogens is 200 g/mol. The van der Waals surface area contributed by atoms with Gasteiger partial charge in [0.25, 0.3) is 0 Å². The summed E-state index contributed by atoms with van der Waals surface area (Å²) < 4.78 is 10.8. The number of hydrogen-bond acceptors (Lipinski definition) is 2. The summed E-state index contributed by atoms with van der Waals surface area (Å²) in [7, 11) is 0. The van der Waals surface area contributed by atoms with E-state index < -0.39 is 0 Å². The number of hydrogen-bond donors (Lipinski definition) is 0. The molecule has 2 nitrogen and oxygen atoms in total. The Balaban J connectivity index is 2.42. The minimum absolute atomic E-state index is 0.508. The predicted octanol–water partition coefficient (Wildman–Crippen LogP) is 3.09. The fraction of sp³-hybridized carbons (Fsp3) is 0.455. The summed E-state index contributed by atoms with van der Waals surface area (Å²) in [6.45, 7) is 3.37. The number of rotatable bonds is 6. The van der Waals surface area contributed by atoms with E-state index in [0.29, 0.717) is 12.5 Å². The van der Waals surface area contributed by atoms with Gasteiger partial charge in [-0.05, 0) is 30.7 Å². The summed E-state index contributed by atoms with van der Waals surface area (Å²) in [6.07, 6.45) is 1.02. The Morgan fingerprint density at radius 3 is 1.93 bits per heavy atom. The second-order valence-corrected chi connectivity index (χ2v) is 3.24. The third kappa shape index (κ3) is 3.88. The fourth-order valence-electron chi connectivity index (χ4n) is 1.01. The zero-order valence-corrected chi connectivity index (χ0v) is 9.09. The van der Waals surface area contributed by atoms with Gasteiger partial charge < -0.3 is 9.47 Å². The van der Waals surface area contributed by atoms with Gasteiger partial charge >= 0.3 is 0 Å². The Labute approximate surface area is 89.8 Å². The molecule has 0 saturated heterocycles. The molecule has 0 fully saturated rings. The topological polar surface area (TPSA) is 18.5 Å². The Hall–Kier alpha value is -0.890. The second-order valence-electron chi connectivity index (χ2n) is 2.86. The van der Waals surface area contributed by atoms with Crippen LogP contribution in [-0.2, 0) is 0 Å². The molecule has 0 aliphatic carbocycles. The van der Waals surface area contributed by atoms with Crippen molar-refractivity contribution < 1.29 is 9.47 Å². The van der Waals surface area contributed by atoms with E-state index in [2.05, 4.69) is 6.92 Å². The van der Waals surface area contributed by atoms with Gasteiger partial charge in [-0.2, -0.15) is 0 Å². The number of alkyl halides is 1. The molecule has 1 aromatic rings. The first-order chi connectivity index (χ1) is 6.86. The van der Waals surface area contributed by atoms with E-state index >= 15 is 0 Å². The van der Waals surface area contributed by atoms with Crippen molar-refractivity contribution in [2.45, 2.75) is 13.3 Å². The van der Waals surface area contributed by atoms with Gasteiger partial charge in [-0.1, -0.05) is 6.92 Å². The van der Waals surface area contributed by atoms with Crippen molar-refractivity contribution in [2.24, 2.45) is 0 Å². The minimum Gasteiger partial charge on any atom is -0.494 e. The molecule has 0 heterocycles. The van der Waals surface area contributed by atoms with Crippen molar-refractivity contribution in [2.75, 3.05) is 19.1 Å². The van der Waals surface area contributed by atoms with Crippen molar-refractivity contribution in [3.8, 4) is 11.5 Å². The van der Waals surface area contributed by atoms with E-state index in [4.69, 9.17) is 21.1 Å². The Bertz CT molecular complexity index is 219. The normalized spacial score (nSPS) is 9.86. The molecule has 0 saturated carbocycles. The maximum Gasteiger partial charge on any atom is 0.119 e. The van der Waals surface area contributed by atoms with Gasteiger partial charge in [-0.25, -0.2) is 0 Å². The van der Waals surface area contributed by atoms with Gasteiger partial charge in [0.2, 0.25) is 0 Å². The third-order valence-corrected chi connectivity index (χ3v) is 1.80. The van der Waals surface area contributed by atoms with Crippen LogP contribution >= 0.6 is 11.6 Å². The standard InChI is InChI=1S/C11H15ClO2/c1-2-8-13-10-3-5-11(6-4-10)14-9-7-12/h3-6H,2,7-9H2,1H3. The average molecular weight is 215 g/mol. The number of benzene rings is 1. The van der Waals surface area contributed by atoms with Crippen LogP contribution in [0, 0.1) is 0 Å². The van der Waals surface area contributed by atoms with Crippen LogP contribution in [0.5, 0.6) is 11.5 Å². The van der Waals surface area contributed by atoms with Crippen molar-refractivity contribution in [1.29, 1.82) is 0 Å². The van der Waals surface area contributed by atoms with Gasteiger partial charge in [-0.15, -0.1) is 11.6 Å². The molecule has 0 spiro atoms. The molecule has 3 heteroatoms. The molecule has 14 heavy (non-hydrogen) atoms. The van der Waals surface area contributed by atoms with Gasteiger partial charge in [0.15, 0.2) is 0 Å². The van der Waals surface area contributed by atoms with Gasteiger partial charge in [0, 0.05) is 0 Å². The molecule has 0 bridgehead atoms. The first kappa shape index (κ1) is 11.2. The highest BCUT2D eigenvalue weighted by molar-refractivity contribution is 6.17. The van der Waals surface area contributed by atoms with E-state index in [1.807, 2.05) is 24.3 Å². The predicted molar refractivity (Wildman–Crippen MR) is 58.4 cm³/mol. The zero-order valence-electron chi connectivity index (χ0n) is 8.33. The van der Waals surface area contributed by atoms with Crippen molar-refractivity contribution in [3.05, 3.63) is 24.3 Å². The SMILES string of the molecule is CCCOc1ccc(OCCCl)cc1. The zero-order chi connectivity index (χ0) is 10.2. The molecule has 0 atom stereocenters. The van der Waals surface area contributed by atoms with Gasteiger partial charge in [0.1, 0.15) is 18.1 Å². The lowest BCUT2D eigenvalue weighted by Crippen LogP contribution is -1.98. The van der Waals surface area contributed by atoms with Gasteiger partial charge in [0.05, 0.1) is 12.5 Å². The summed E-state index contributed by atoms with van der Waals surface area (Å²) in [4.78, 5) is 0. The van der Waals surface area contributed by atoms with Crippen LogP contribution in [0.15, 0.2) is 24.3 Å². The molecule has 0 aliphatic rings. The van der Waals surface area contributed by atoms with E-state index in [1.54, 1.807) is 0 Å². The van der Waals surface area contributed by atoms with E-state index in [0.717, 1.165) is 24.5 Å². The first-order valence-electron chi connectivity index (χ1n) is 4.78. The number of ether oxygens (including phenoxy) is 2. The van der Waals surface area contributed by atoms with Crippen LogP contribution < -0.4 is 9.47 Å². The third-order valence-electron chi connectivity index (χ3n) is 1.64. The first-order valence-corrected chi connectivity index (χ1v) is 5.32. The molecule has 78 valence electrons. The maximum atomic E-state index is 5.50. The van der Waals surface area contributed by atoms with E-state index in [-0.39, 0.29) is 0 Å². The second kappa shape index (κ2) is 6.55. The van der Waals surface area contributed by atoms with Crippen molar-refractivity contribution in [3.63, 3.8) is 0 Å². The monoisotopic (exact) mass is 214 g/mol. The molecule has 1 aromatic carbocycles. The lowest BCUT2D eigenvalue weighted by atomic mass is 10.3. The average Bonchev–Trinajstić information content (AvgIpc) is 2.25. The minimum atomic E-state index is 0.508. The Kier molecular flexibility index (Phi) is 5.23. The molecule has 1 rings (SSSR count). The van der Waals surface area contributed by atoms with Crippen LogP contribution in [0.4, 0.5) is 0 Å². The van der Waals surface area contributed by atoms with Crippen LogP contribution in [0.2, 0.25) is 0 Å². The van der Waals surface area contributed by atoms with Gasteiger partial charge in [-0.3, -0.25) is 0 Å². The number of halogens is 1. The summed E-state index contributed by atoms with van der Waals surface area (Å²) in [5.41, 5.74) is 0. The van der Waals surface area contributed by atoms with E-state index in [9.17, 15) is 0 Å². The smallest absolute Gasteiger partial charge is 0.119 e. The molecule has 0 aliphatic heterocycles. The largest absolute Gasteiger partial charge is 0.494 e. The van der Waals surface area contributed by atoms with Crippen LogP contribution in [0.25, 0.3) is 0 Å². The summed E-state index contributed by atoms with van der Waals surface area (Å²) >= 11 is 5.50. The quantitative estimate of drug-likeness (QED) is 0.678. The fourth-order valence-corrected chi connectivity index (χ4v) is 1.09. The summed E-state index contributed by atoms with van der Waals surface area (Å²) in [5, 5.41) is 0. The molecule has 0 aromatic heterocycles. The molecule has 0 amide bonds. The van der Waals surface area contributed by atoms with Crippen LogP contribution in [-0.4, -0.2) is 19.1 Å². The summed E-state index contributed by atoms with van der Waals surface area (Å²) in [6, 6.07) is 7.58. The highest BCUT2D eigenvalue weighted by atomic mass is 35.5. The van der Waals surface area contributed by atoms with Crippen LogP contribution in [0.3, 0.4) is 0 Å². The van der Waals surface area contributed by atoms with Crippen molar-refractivity contribution in [1.82, 2.24) is 0 Å². The lowest BCUT2D eigenvalue weighted by Gasteiger charge is -2.06. The van der Waals surface area contributed by atoms with Crippen molar-refractivity contribution >= 4 is 11.6 Å². The molecule has 0 N–H and O–H groups in total. The summed E-state index contributed by atoms with van der Waals surface area (Å²) in [5.74, 6) is 2.22. The molecule has 0 unspecified atom stereocenters. The molecular formula is C11H15ClO2. The molecule has 0 radical (unpaired) electrons. The highest BCUT2D eigenvalue weighted by Crippen LogP contribution is 2.17. The van der Waals surface area contributed by atoms with Crippen LogP contribution in [0.1, 0.15) is 13.3 Å². The Morgan fingerprint density at radius 1 is 1.00 bits per heavy atom. The maximum absolute atomic E-state index is 5.50. The highest BCUT2D eigenvalue weighted by Gasteiger charge is 1.95. The lowest BCUT2D eigenvalue weighted by molar-refractivity contribution is 0.314.